The number of benzene rings is 1. The van der Waals surface area contributed by atoms with Crippen LogP contribution in [0.1, 0.15) is 54.2 Å². The first-order valence-electron chi connectivity index (χ1n) is 6.62. The molecule has 106 valence electrons. The van der Waals surface area contributed by atoms with Crippen LogP contribution in [0.25, 0.3) is 0 Å². The Morgan fingerprint density at radius 2 is 1.75 bits per heavy atom. The number of hydrogen-bond acceptors (Lipinski definition) is 2. The Bertz CT molecular complexity index is 589. The fraction of sp³-hybridized carbons (Fsp3) is 0.312. The Hall–Kier alpha value is -0.880. The van der Waals surface area contributed by atoms with Crippen molar-refractivity contribution in [1.29, 1.82) is 0 Å². The van der Waals surface area contributed by atoms with Crippen molar-refractivity contribution in [2.45, 2.75) is 32.7 Å². The van der Waals surface area contributed by atoms with Gasteiger partial charge in [0.25, 0.3) is 5.91 Å². The van der Waals surface area contributed by atoms with Crippen LogP contribution in [-0.2, 0) is 0 Å². The van der Waals surface area contributed by atoms with E-state index in [1.54, 1.807) is 11.3 Å². The van der Waals surface area contributed by atoms with Crippen LogP contribution in [-0.4, -0.2) is 5.91 Å². The standard InChI is InChI=1S/C16H18INOS/c1-10(2)12-4-6-13(7-5-12)11(3)18-16(19)14-8-15(17)20-9-14/h4-11H,1-3H3,(H,18,19). The van der Waals surface area contributed by atoms with Gasteiger partial charge in [-0.15, -0.1) is 11.3 Å². The summed E-state index contributed by atoms with van der Waals surface area (Å²) < 4.78 is 1.13. The number of amides is 1. The third-order valence-corrected chi connectivity index (χ3v) is 5.07. The van der Waals surface area contributed by atoms with Crippen molar-refractivity contribution in [1.82, 2.24) is 5.32 Å². The van der Waals surface area contributed by atoms with Crippen molar-refractivity contribution >= 4 is 39.8 Å². The van der Waals surface area contributed by atoms with Crippen molar-refractivity contribution in [3.05, 3.63) is 55.3 Å². The molecule has 0 aliphatic carbocycles. The van der Waals surface area contributed by atoms with E-state index in [1.165, 1.54) is 5.56 Å². The fourth-order valence-electron chi connectivity index (χ4n) is 1.96. The lowest BCUT2D eigenvalue weighted by Crippen LogP contribution is -2.26. The molecule has 1 aromatic carbocycles. The van der Waals surface area contributed by atoms with Gasteiger partial charge in [0.2, 0.25) is 0 Å². The van der Waals surface area contributed by atoms with Crippen LogP contribution in [0.15, 0.2) is 35.7 Å². The lowest BCUT2D eigenvalue weighted by Gasteiger charge is -2.15. The summed E-state index contributed by atoms with van der Waals surface area (Å²) in [6, 6.07) is 10.4. The molecule has 0 fully saturated rings. The molecule has 0 saturated heterocycles. The minimum atomic E-state index is -0.00963. The van der Waals surface area contributed by atoms with Gasteiger partial charge in [0.15, 0.2) is 0 Å². The van der Waals surface area contributed by atoms with Gasteiger partial charge in [-0.2, -0.15) is 0 Å². The van der Waals surface area contributed by atoms with Gasteiger partial charge < -0.3 is 5.32 Å². The minimum Gasteiger partial charge on any atom is -0.345 e. The zero-order valence-electron chi connectivity index (χ0n) is 11.8. The quantitative estimate of drug-likeness (QED) is 0.723. The van der Waals surface area contributed by atoms with Crippen LogP contribution in [0.3, 0.4) is 0 Å². The van der Waals surface area contributed by atoms with E-state index in [2.05, 4.69) is 66.0 Å². The first kappa shape index (κ1) is 15.5. The van der Waals surface area contributed by atoms with Crippen LogP contribution in [0.4, 0.5) is 0 Å². The zero-order valence-corrected chi connectivity index (χ0v) is 14.8. The van der Waals surface area contributed by atoms with Crippen LogP contribution < -0.4 is 5.32 Å². The maximum absolute atomic E-state index is 12.1. The van der Waals surface area contributed by atoms with Gasteiger partial charge >= 0.3 is 0 Å². The molecule has 2 aromatic rings. The van der Waals surface area contributed by atoms with Crippen molar-refractivity contribution in [3.63, 3.8) is 0 Å². The summed E-state index contributed by atoms with van der Waals surface area (Å²) in [5.41, 5.74) is 3.19. The Balaban J connectivity index is 2.04. The fourth-order valence-corrected chi connectivity index (χ4v) is 3.29. The first-order valence-corrected chi connectivity index (χ1v) is 8.58. The zero-order chi connectivity index (χ0) is 14.7. The molecule has 0 aliphatic heterocycles. The number of halogens is 1. The van der Waals surface area contributed by atoms with Crippen LogP contribution >= 0.6 is 33.9 Å². The van der Waals surface area contributed by atoms with Gasteiger partial charge in [0.05, 0.1) is 14.5 Å². The largest absolute Gasteiger partial charge is 0.345 e. The summed E-state index contributed by atoms with van der Waals surface area (Å²) in [5.74, 6) is 0.520. The average molecular weight is 399 g/mol. The monoisotopic (exact) mass is 399 g/mol. The number of carbonyl (C=O) groups excluding carboxylic acids is 1. The van der Waals surface area contributed by atoms with Gasteiger partial charge in [0.1, 0.15) is 0 Å². The Morgan fingerprint density at radius 1 is 1.15 bits per heavy atom. The average Bonchev–Trinajstić information content (AvgIpc) is 2.85. The third kappa shape index (κ3) is 3.82. The second-order valence-electron chi connectivity index (χ2n) is 5.16. The molecule has 1 unspecified atom stereocenters. The molecule has 0 bridgehead atoms. The Labute approximate surface area is 137 Å². The summed E-state index contributed by atoms with van der Waals surface area (Å²) >= 11 is 3.81. The highest BCUT2D eigenvalue weighted by Crippen LogP contribution is 2.20. The molecule has 0 radical (unpaired) electrons. The molecular weight excluding hydrogens is 381 g/mol. The first-order chi connectivity index (χ1) is 9.47. The van der Waals surface area contributed by atoms with Crippen molar-refractivity contribution in [3.8, 4) is 0 Å². The van der Waals surface area contributed by atoms with Crippen molar-refractivity contribution in [2.24, 2.45) is 0 Å². The molecule has 1 atom stereocenters. The van der Waals surface area contributed by atoms with Gasteiger partial charge in [-0.05, 0) is 52.6 Å². The second kappa shape index (κ2) is 6.72. The summed E-state index contributed by atoms with van der Waals surface area (Å²) in [6.07, 6.45) is 0. The molecular formula is C16H18INOS. The molecule has 1 amide bonds. The highest BCUT2D eigenvalue weighted by Gasteiger charge is 2.13. The smallest absolute Gasteiger partial charge is 0.252 e. The van der Waals surface area contributed by atoms with Crippen molar-refractivity contribution < 1.29 is 4.79 Å². The normalized spacial score (nSPS) is 12.4. The van der Waals surface area contributed by atoms with Gasteiger partial charge in [-0.1, -0.05) is 38.1 Å². The van der Waals surface area contributed by atoms with E-state index in [1.807, 2.05) is 18.4 Å². The van der Waals surface area contributed by atoms with Crippen LogP contribution in [0.2, 0.25) is 0 Å². The summed E-state index contributed by atoms with van der Waals surface area (Å²) in [6.45, 7) is 6.37. The number of hydrogen-bond donors (Lipinski definition) is 1. The minimum absolute atomic E-state index is 0.00963. The highest BCUT2D eigenvalue weighted by atomic mass is 127. The number of thiophene rings is 1. The molecule has 20 heavy (non-hydrogen) atoms. The van der Waals surface area contributed by atoms with Gasteiger partial charge in [-0.25, -0.2) is 0 Å². The Kier molecular flexibility index (Phi) is 5.21. The number of rotatable bonds is 4. The summed E-state index contributed by atoms with van der Waals surface area (Å²) in [7, 11) is 0. The summed E-state index contributed by atoms with van der Waals surface area (Å²) in [5, 5.41) is 4.93. The van der Waals surface area contributed by atoms with Gasteiger partial charge in [-0.3, -0.25) is 4.79 Å². The lowest BCUT2D eigenvalue weighted by molar-refractivity contribution is 0.0940. The number of carbonyl (C=O) groups is 1. The maximum atomic E-state index is 12.1. The van der Waals surface area contributed by atoms with Crippen LogP contribution in [0.5, 0.6) is 0 Å². The van der Waals surface area contributed by atoms with Crippen molar-refractivity contribution in [2.75, 3.05) is 0 Å². The van der Waals surface area contributed by atoms with E-state index in [-0.39, 0.29) is 11.9 Å². The molecule has 1 N–H and O–H groups in total. The SMILES string of the molecule is CC(C)c1ccc(C(C)NC(=O)c2csc(I)c2)cc1. The lowest BCUT2D eigenvalue weighted by atomic mass is 9.99. The van der Waals surface area contributed by atoms with E-state index in [4.69, 9.17) is 0 Å². The van der Waals surface area contributed by atoms with E-state index < -0.39 is 0 Å². The molecule has 1 aromatic heterocycles. The molecule has 4 heteroatoms. The molecule has 2 nitrogen and oxygen atoms in total. The third-order valence-electron chi connectivity index (χ3n) is 3.28. The molecule has 1 heterocycles. The van der Waals surface area contributed by atoms with E-state index in [0.717, 1.165) is 14.0 Å². The summed E-state index contributed by atoms with van der Waals surface area (Å²) in [4.78, 5) is 12.1. The predicted octanol–water partition coefficient (Wildman–Crippen LogP) is 4.97. The molecule has 2 rings (SSSR count). The van der Waals surface area contributed by atoms with Crippen LogP contribution in [0, 0.1) is 2.88 Å². The number of nitrogens with one attached hydrogen (secondary N) is 1. The van der Waals surface area contributed by atoms with E-state index in [0.29, 0.717) is 5.92 Å². The maximum Gasteiger partial charge on any atom is 0.252 e. The Morgan fingerprint density at radius 3 is 2.25 bits per heavy atom. The van der Waals surface area contributed by atoms with E-state index >= 15 is 0 Å². The topological polar surface area (TPSA) is 29.1 Å². The van der Waals surface area contributed by atoms with Gasteiger partial charge in [0, 0.05) is 5.38 Å². The molecule has 0 aliphatic rings. The van der Waals surface area contributed by atoms with E-state index in [9.17, 15) is 4.79 Å². The highest BCUT2D eigenvalue weighted by molar-refractivity contribution is 14.1. The second-order valence-corrected chi connectivity index (χ2v) is 7.96. The predicted molar refractivity (Wildman–Crippen MR) is 93.4 cm³/mol. The molecule has 0 spiro atoms. The molecule has 0 saturated carbocycles.